The van der Waals surface area contributed by atoms with Crippen LogP contribution in [-0.2, 0) is 0 Å². The van der Waals surface area contributed by atoms with E-state index in [4.69, 9.17) is 5.73 Å². The minimum atomic E-state index is 0.704. The first-order valence-electron chi connectivity index (χ1n) is 3.79. The Hall–Kier alpha value is -0.630. The molecule has 0 bridgehead atoms. The quantitative estimate of drug-likeness (QED) is 0.598. The fourth-order valence-corrected chi connectivity index (χ4v) is 2.65. The largest absolute Gasteiger partial charge is 0.399 e. The summed E-state index contributed by atoms with van der Waals surface area (Å²) in [5.74, 6) is 1.91. The van der Waals surface area contributed by atoms with Crippen molar-refractivity contribution in [3.8, 4) is 0 Å². The Kier molecular flexibility index (Phi) is 1.57. The van der Waals surface area contributed by atoms with Gasteiger partial charge in [-0.1, -0.05) is 13.0 Å². The van der Waals surface area contributed by atoms with E-state index >= 15 is 0 Å². The van der Waals surface area contributed by atoms with Crippen LogP contribution >= 0.6 is 11.8 Å². The van der Waals surface area contributed by atoms with E-state index in [1.165, 1.54) is 16.2 Å². The molecule has 1 aliphatic heterocycles. The molecule has 1 aliphatic rings. The number of anilines is 1. The second-order valence-corrected chi connectivity index (χ2v) is 4.07. The molecule has 0 fully saturated rings. The van der Waals surface area contributed by atoms with Crippen molar-refractivity contribution in [3.05, 3.63) is 23.8 Å². The molecule has 0 aromatic heterocycles. The average molecular weight is 165 g/mol. The Labute approximate surface area is 71.0 Å². The summed E-state index contributed by atoms with van der Waals surface area (Å²) in [6.07, 6.45) is 0. The molecule has 11 heavy (non-hydrogen) atoms. The van der Waals surface area contributed by atoms with Crippen LogP contribution in [0, 0.1) is 0 Å². The van der Waals surface area contributed by atoms with Crippen molar-refractivity contribution in [2.45, 2.75) is 17.7 Å². The zero-order valence-corrected chi connectivity index (χ0v) is 7.32. The molecule has 0 saturated carbocycles. The highest BCUT2D eigenvalue weighted by molar-refractivity contribution is 7.99. The minimum Gasteiger partial charge on any atom is -0.399 e. The summed E-state index contributed by atoms with van der Waals surface area (Å²) < 4.78 is 0. The molecule has 1 nitrogen and oxygen atoms in total. The highest BCUT2D eigenvalue weighted by Gasteiger charge is 2.18. The molecule has 2 heteroatoms. The summed E-state index contributed by atoms with van der Waals surface area (Å²) in [4.78, 5) is 1.37. The summed E-state index contributed by atoms with van der Waals surface area (Å²) in [5.41, 5.74) is 8.01. The Morgan fingerprint density at radius 3 is 3.18 bits per heavy atom. The second kappa shape index (κ2) is 2.45. The monoisotopic (exact) mass is 165 g/mol. The number of rotatable bonds is 0. The molecule has 2 N–H and O–H groups in total. The van der Waals surface area contributed by atoms with Gasteiger partial charge in [0.25, 0.3) is 0 Å². The van der Waals surface area contributed by atoms with E-state index < -0.39 is 0 Å². The van der Waals surface area contributed by atoms with Crippen LogP contribution in [0.1, 0.15) is 18.4 Å². The zero-order chi connectivity index (χ0) is 7.84. The predicted octanol–water partition coefficient (Wildman–Crippen LogP) is 2.48. The summed E-state index contributed by atoms with van der Waals surface area (Å²) in [6.45, 7) is 2.26. The Bertz CT molecular complexity index is 283. The van der Waals surface area contributed by atoms with E-state index in [9.17, 15) is 0 Å². The highest BCUT2D eigenvalue weighted by atomic mass is 32.2. The van der Waals surface area contributed by atoms with Crippen LogP contribution in [0.15, 0.2) is 23.1 Å². The molecule has 1 heterocycles. The van der Waals surface area contributed by atoms with E-state index in [0.29, 0.717) is 5.92 Å². The van der Waals surface area contributed by atoms with Gasteiger partial charge in [-0.2, -0.15) is 0 Å². The third kappa shape index (κ3) is 1.11. The van der Waals surface area contributed by atoms with E-state index in [-0.39, 0.29) is 0 Å². The molecule has 0 saturated heterocycles. The number of hydrogen-bond donors (Lipinski definition) is 1. The number of fused-ring (bicyclic) bond motifs is 1. The van der Waals surface area contributed by atoms with Gasteiger partial charge in [0.05, 0.1) is 0 Å². The van der Waals surface area contributed by atoms with Gasteiger partial charge < -0.3 is 5.73 Å². The van der Waals surface area contributed by atoms with Gasteiger partial charge in [-0.3, -0.25) is 0 Å². The van der Waals surface area contributed by atoms with Crippen molar-refractivity contribution in [1.82, 2.24) is 0 Å². The molecule has 1 aromatic carbocycles. The number of nitrogens with two attached hydrogens (primary N) is 1. The van der Waals surface area contributed by atoms with Gasteiger partial charge in [0, 0.05) is 16.3 Å². The third-order valence-electron chi connectivity index (χ3n) is 2.06. The first kappa shape index (κ1) is 7.04. The highest BCUT2D eigenvalue weighted by Crippen LogP contribution is 2.39. The van der Waals surface area contributed by atoms with Crippen LogP contribution in [0.25, 0.3) is 0 Å². The number of hydrogen-bond acceptors (Lipinski definition) is 2. The van der Waals surface area contributed by atoms with Gasteiger partial charge in [-0.05, 0) is 23.6 Å². The molecule has 0 spiro atoms. The first-order chi connectivity index (χ1) is 5.27. The van der Waals surface area contributed by atoms with Gasteiger partial charge >= 0.3 is 0 Å². The van der Waals surface area contributed by atoms with E-state index in [0.717, 1.165) is 5.69 Å². The van der Waals surface area contributed by atoms with E-state index in [1.807, 2.05) is 17.8 Å². The van der Waals surface area contributed by atoms with Crippen molar-refractivity contribution in [1.29, 1.82) is 0 Å². The maximum Gasteiger partial charge on any atom is 0.0325 e. The summed E-state index contributed by atoms with van der Waals surface area (Å²) in [5, 5.41) is 0. The predicted molar refractivity (Wildman–Crippen MR) is 50.0 cm³/mol. The molecule has 1 unspecified atom stereocenters. The van der Waals surface area contributed by atoms with Crippen LogP contribution in [0.5, 0.6) is 0 Å². The van der Waals surface area contributed by atoms with Crippen LogP contribution in [0.2, 0.25) is 0 Å². The number of thioether (sulfide) groups is 1. The fourth-order valence-electron chi connectivity index (χ4n) is 1.39. The standard InChI is InChI=1S/C9H11NS/c1-6-5-11-9-4-7(10)2-3-8(6)9/h2-4,6H,5,10H2,1H3. The first-order valence-corrected chi connectivity index (χ1v) is 4.78. The summed E-state index contributed by atoms with van der Waals surface area (Å²) in [7, 11) is 0. The topological polar surface area (TPSA) is 26.0 Å². The molecule has 1 atom stereocenters. The lowest BCUT2D eigenvalue weighted by atomic mass is 10.0. The van der Waals surface area contributed by atoms with E-state index in [1.54, 1.807) is 0 Å². The average Bonchev–Trinajstić information content (AvgIpc) is 2.32. The molecule has 58 valence electrons. The molecule has 0 radical (unpaired) electrons. The fraction of sp³-hybridized carbons (Fsp3) is 0.333. The molecule has 0 amide bonds. The molecular formula is C9H11NS. The van der Waals surface area contributed by atoms with Gasteiger partial charge in [0.2, 0.25) is 0 Å². The molecule has 0 aliphatic carbocycles. The van der Waals surface area contributed by atoms with Crippen molar-refractivity contribution < 1.29 is 0 Å². The Morgan fingerprint density at radius 2 is 2.36 bits per heavy atom. The molecular weight excluding hydrogens is 154 g/mol. The van der Waals surface area contributed by atoms with Crippen molar-refractivity contribution in [3.63, 3.8) is 0 Å². The van der Waals surface area contributed by atoms with Crippen LogP contribution in [0.4, 0.5) is 5.69 Å². The SMILES string of the molecule is CC1CSc2cc(N)ccc21. The van der Waals surface area contributed by atoms with Gasteiger partial charge in [0.15, 0.2) is 0 Å². The summed E-state index contributed by atoms with van der Waals surface area (Å²) in [6, 6.07) is 6.21. The van der Waals surface area contributed by atoms with Gasteiger partial charge in [0.1, 0.15) is 0 Å². The lowest BCUT2D eigenvalue weighted by Gasteiger charge is -2.02. The Balaban J connectivity index is 2.50. The number of benzene rings is 1. The van der Waals surface area contributed by atoms with Crippen molar-refractivity contribution >= 4 is 17.4 Å². The smallest absolute Gasteiger partial charge is 0.0325 e. The van der Waals surface area contributed by atoms with Crippen LogP contribution in [-0.4, -0.2) is 5.75 Å². The maximum absolute atomic E-state index is 5.66. The van der Waals surface area contributed by atoms with Gasteiger partial charge in [-0.15, -0.1) is 11.8 Å². The summed E-state index contributed by atoms with van der Waals surface area (Å²) >= 11 is 1.91. The van der Waals surface area contributed by atoms with Crippen molar-refractivity contribution in [2.75, 3.05) is 11.5 Å². The number of nitrogen functional groups attached to an aromatic ring is 1. The molecule has 2 rings (SSSR count). The van der Waals surface area contributed by atoms with Crippen molar-refractivity contribution in [2.24, 2.45) is 0 Å². The second-order valence-electron chi connectivity index (χ2n) is 3.01. The normalized spacial score (nSPS) is 21.7. The lowest BCUT2D eigenvalue weighted by Crippen LogP contribution is -1.90. The van der Waals surface area contributed by atoms with Crippen LogP contribution in [0.3, 0.4) is 0 Å². The van der Waals surface area contributed by atoms with Gasteiger partial charge in [-0.25, -0.2) is 0 Å². The molecule has 1 aromatic rings. The maximum atomic E-state index is 5.66. The Morgan fingerprint density at radius 1 is 1.55 bits per heavy atom. The minimum absolute atomic E-state index is 0.704. The zero-order valence-electron chi connectivity index (χ0n) is 6.50. The third-order valence-corrected chi connectivity index (χ3v) is 3.39. The lowest BCUT2D eigenvalue weighted by molar-refractivity contribution is 0.883. The van der Waals surface area contributed by atoms with E-state index in [2.05, 4.69) is 19.1 Å². The van der Waals surface area contributed by atoms with Crippen LogP contribution < -0.4 is 5.73 Å².